The fourth-order valence-corrected chi connectivity index (χ4v) is 2.24. The molecular weight excluding hydrogens is 292 g/mol. The van der Waals surface area contributed by atoms with Crippen molar-refractivity contribution in [3.8, 4) is 0 Å². The van der Waals surface area contributed by atoms with Gasteiger partial charge < -0.3 is 20.6 Å². The van der Waals surface area contributed by atoms with Gasteiger partial charge in [0.25, 0.3) is 0 Å². The first kappa shape index (κ1) is 19.4. The molecule has 7 heteroatoms. The molecule has 132 valence electrons. The molecule has 0 saturated heterocycles. The quantitative estimate of drug-likeness (QED) is 0.456. The zero-order chi connectivity index (χ0) is 17.3. The molecule has 7 nitrogen and oxygen atoms in total. The number of nitrogens with one attached hydrogen (secondary N) is 2. The predicted molar refractivity (Wildman–Crippen MR) is 94.5 cm³/mol. The first-order valence-corrected chi connectivity index (χ1v) is 8.39. The molecular formula is C16H32N6O. The van der Waals surface area contributed by atoms with Crippen LogP contribution >= 0.6 is 0 Å². The molecule has 1 atom stereocenters. The maximum Gasteiger partial charge on any atom is 0.191 e. The molecule has 0 aliphatic carbocycles. The van der Waals surface area contributed by atoms with E-state index in [0.29, 0.717) is 0 Å². The summed E-state index contributed by atoms with van der Waals surface area (Å²) in [5, 5.41) is 21.2. The first-order valence-electron chi connectivity index (χ1n) is 8.39. The topological polar surface area (TPSA) is 77.7 Å². The third kappa shape index (κ3) is 6.58. The summed E-state index contributed by atoms with van der Waals surface area (Å²) in [5.41, 5.74) is -0.266. The molecule has 0 radical (unpaired) electrons. The highest BCUT2D eigenvalue weighted by Crippen LogP contribution is 2.19. The molecule has 1 unspecified atom stereocenters. The zero-order valence-electron chi connectivity index (χ0n) is 15.1. The van der Waals surface area contributed by atoms with E-state index in [1.807, 2.05) is 20.2 Å². The van der Waals surface area contributed by atoms with Crippen molar-refractivity contribution in [2.75, 3.05) is 39.3 Å². The van der Waals surface area contributed by atoms with E-state index in [9.17, 15) is 5.11 Å². The molecule has 0 fully saturated rings. The zero-order valence-corrected chi connectivity index (χ0v) is 15.1. The van der Waals surface area contributed by atoms with Crippen molar-refractivity contribution in [1.29, 1.82) is 0 Å². The van der Waals surface area contributed by atoms with Crippen molar-refractivity contribution in [3.05, 3.63) is 18.0 Å². The van der Waals surface area contributed by atoms with E-state index in [4.69, 9.17) is 0 Å². The molecule has 0 aliphatic rings. The highest BCUT2D eigenvalue weighted by molar-refractivity contribution is 5.79. The van der Waals surface area contributed by atoms with E-state index in [1.54, 1.807) is 17.8 Å². The molecule has 23 heavy (non-hydrogen) atoms. The Labute approximate surface area is 139 Å². The van der Waals surface area contributed by atoms with E-state index in [-0.39, 0.29) is 6.54 Å². The van der Waals surface area contributed by atoms with Crippen LogP contribution in [0.1, 0.15) is 33.3 Å². The van der Waals surface area contributed by atoms with Gasteiger partial charge in [-0.25, -0.2) is 4.99 Å². The van der Waals surface area contributed by atoms with Gasteiger partial charge >= 0.3 is 0 Å². The average molecular weight is 324 g/mol. The van der Waals surface area contributed by atoms with Crippen LogP contribution in [0.3, 0.4) is 0 Å². The Morgan fingerprint density at radius 1 is 1.35 bits per heavy atom. The molecule has 1 aromatic heterocycles. The Hall–Kier alpha value is -1.60. The third-order valence-corrected chi connectivity index (χ3v) is 3.83. The average Bonchev–Trinajstić information content (AvgIpc) is 2.96. The van der Waals surface area contributed by atoms with Gasteiger partial charge in [-0.1, -0.05) is 13.8 Å². The van der Waals surface area contributed by atoms with E-state index < -0.39 is 5.60 Å². The van der Waals surface area contributed by atoms with E-state index >= 15 is 0 Å². The van der Waals surface area contributed by atoms with Crippen LogP contribution in [0.4, 0.5) is 0 Å². The number of guanidine groups is 1. The number of aromatic nitrogens is 2. The summed E-state index contributed by atoms with van der Waals surface area (Å²) in [6, 6.07) is 0. The van der Waals surface area contributed by atoms with Crippen LogP contribution in [0, 0.1) is 0 Å². The van der Waals surface area contributed by atoms with Gasteiger partial charge in [0.2, 0.25) is 0 Å². The summed E-state index contributed by atoms with van der Waals surface area (Å²) in [7, 11) is 1.84. The van der Waals surface area contributed by atoms with Gasteiger partial charge in [0.15, 0.2) is 5.96 Å². The minimum Gasteiger partial charge on any atom is -0.383 e. The molecule has 1 heterocycles. The second-order valence-electron chi connectivity index (χ2n) is 5.83. The summed E-state index contributed by atoms with van der Waals surface area (Å²) in [4.78, 5) is 6.86. The summed E-state index contributed by atoms with van der Waals surface area (Å²) < 4.78 is 1.68. The van der Waals surface area contributed by atoms with Crippen molar-refractivity contribution in [1.82, 2.24) is 25.3 Å². The van der Waals surface area contributed by atoms with Crippen LogP contribution < -0.4 is 10.6 Å². The molecule has 0 aromatic carbocycles. The minimum atomic E-state index is -1.03. The molecule has 0 amide bonds. The van der Waals surface area contributed by atoms with E-state index in [0.717, 1.165) is 44.2 Å². The number of hydrogen-bond donors (Lipinski definition) is 3. The maximum atomic E-state index is 10.6. The lowest BCUT2D eigenvalue weighted by molar-refractivity contribution is 0.0672. The summed E-state index contributed by atoms with van der Waals surface area (Å²) in [6.45, 7) is 13.0. The monoisotopic (exact) mass is 324 g/mol. The lowest BCUT2D eigenvalue weighted by atomic mass is 10.0. The standard InChI is InChI=1S/C16H32N6O/c1-6-17-15(18-9-10-22(7-2)8-3)19-13-16(4,23)14-11-20-21(5)12-14/h11-12,23H,6-10,13H2,1-5H3,(H2,17,18,19). The lowest BCUT2D eigenvalue weighted by Gasteiger charge is -2.22. The van der Waals surface area contributed by atoms with E-state index in [2.05, 4.69) is 39.5 Å². The molecule has 0 spiro atoms. The second kappa shape index (κ2) is 9.52. The lowest BCUT2D eigenvalue weighted by Crippen LogP contribution is -2.42. The van der Waals surface area contributed by atoms with Crippen LogP contribution in [0.2, 0.25) is 0 Å². The number of aliphatic imine (C=N–C) groups is 1. The van der Waals surface area contributed by atoms with Crippen molar-refractivity contribution < 1.29 is 5.11 Å². The van der Waals surface area contributed by atoms with Crippen LogP contribution in [-0.4, -0.2) is 65.0 Å². The Morgan fingerprint density at radius 3 is 2.57 bits per heavy atom. The third-order valence-electron chi connectivity index (χ3n) is 3.83. The number of rotatable bonds is 9. The molecule has 1 aromatic rings. The fourth-order valence-electron chi connectivity index (χ4n) is 2.24. The Kier molecular flexibility index (Phi) is 8.05. The fraction of sp³-hybridized carbons (Fsp3) is 0.750. The van der Waals surface area contributed by atoms with Crippen LogP contribution in [-0.2, 0) is 12.6 Å². The van der Waals surface area contributed by atoms with Crippen LogP contribution in [0.25, 0.3) is 0 Å². The summed E-state index contributed by atoms with van der Waals surface area (Å²) >= 11 is 0. The molecule has 3 N–H and O–H groups in total. The number of aryl methyl sites for hydroxylation is 1. The van der Waals surface area contributed by atoms with Crippen LogP contribution in [0.15, 0.2) is 17.4 Å². The normalized spacial score (nSPS) is 14.8. The summed E-state index contributed by atoms with van der Waals surface area (Å²) in [5.74, 6) is 0.726. The smallest absolute Gasteiger partial charge is 0.191 e. The Morgan fingerprint density at radius 2 is 2.04 bits per heavy atom. The molecule has 1 rings (SSSR count). The number of aliphatic hydroxyl groups is 1. The number of likely N-dealkylation sites (N-methyl/N-ethyl adjacent to an activating group) is 1. The van der Waals surface area contributed by atoms with Gasteiger partial charge in [0, 0.05) is 38.4 Å². The predicted octanol–water partition coefficient (Wildman–Crippen LogP) is 0.525. The molecule has 0 saturated carbocycles. The van der Waals surface area contributed by atoms with Crippen molar-refractivity contribution >= 4 is 5.96 Å². The van der Waals surface area contributed by atoms with Crippen molar-refractivity contribution in [3.63, 3.8) is 0 Å². The van der Waals surface area contributed by atoms with Gasteiger partial charge in [-0.15, -0.1) is 0 Å². The Bertz CT molecular complexity index is 479. The molecule has 0 aliphatic heterocycles. The molecule has 0 bridgehead atoms. The summed E-state index contributed by atoms with van der Waals surface area (Å²) in [6.07, 6.45) is 3.49. The Balaban J connectivity index is 2.60. The second-order valence-corrected chi connectivity index (χ2v) is 5.83. The first-order chi connectivity index (χ1) is 10.9. The minimum absolute atomic E-state index is 0.277. The SMILES string of the molecule is CCNC(=NCC(C)(O)c1cnn(C)c1)NCCN(CC)CC. The highest BCUT2D eigenvalue weighted by Gasteiger charge is 2.24. The van der Waals surface area contributed by atoms with Gasteiger partial charge in [-0.3, -0.25) is 4.68 Å². The van der Waals surface area contributed by atoms with Gasteiger partial charge in [-0.2, -0.15) is 5.10 Å². The number of nitrogens with zero attached hydrogens (tertiary/aromatic N) is 4. The van der Waals surface area contributed by atoms with Crippen molar-refractivity contribution in [2.45, 2.75) is 33.3 Å². The van der Waals surface area contributed by atoms with E-state index in [1.165, 1.54) is 0 Å². The van der Waals surface area contributed by atoms with Gasteiger partial charge in [0.05, 0.1) is 12.7 Å². The van der Waals surface area contributed by atoms with Crippen LogP contribution in [0.5, 0.6) is 0 Å². The van der Waals surface area contributed by atoms with Gasteiger partial charge in [0.1, 0.15) is 5.60 Å². The maximum absolute atomic E-state index is 10.6. The number of hydrogen-bond acceptors (Lipinski definition) is 4. The van der Waals surface area contributed by atoms with Gasteiger partial charge in [-0.05, 0) is 26.9 Å². The van der Waals surface area contributed by atoms with Crippen molar-refractivity contribution in [2.24, 2.45) is 12.0 Å². The largest absolute Gasteiger partial charge is 0.383 e. The highest BCUT2D eigenvalue weighted by atomic mass is 16.3.